The fourth-order valence-electron chi connectivity index (χ4n) is 1.22. The van der Waals surface area contributed by atoms with Gasteiger partial charge in [0.1, 0.15) is 0 Å². The van der Waals surface area contributed by atoms with E-state index in [1.807, 2.05) is 6.92 Å². The number of hydrogen-bond acceptors (Lipinski definition) is 6. The Morgan fingerprint density at radius 3 is 2.89 bits per heavy atom. The van der Waals surface area contributed by atoms with Crippen molar-refractivity contribution in [2.45, 2.75) is 20.3 Å². The third-order valence-electron chi connectivity index (χ3n) is 1.99. The monoisotopic (exact) mass is 271 g/mol. The third-order valence-corrected chi connectivity index (χ3v) is 2.79. The first-order valence-corrected chi connectivity index (χ1v) is 6.68. The zero-order chi connectivity index (χ0) is 13.4. The van der Waals surface area contributed by atoms with E-state index in [9.17, 15) is 9.59 Å². The van der Waals surface area contributed by atoms with Crippen molar-refractivity contribution in [2.75, 3.05) is 25.0 Å². The first kappa shape index (κ1) is 14.4. The molecule has 1 aromatic rings. The second-order valence-electron chi connectivity index (χ2n) is 3.39. The van der Waals surface area contributed by atoms with Gasteiger partial charge >= 0.3 is 5.97 Å². The maximum Gasteiger partial charge on any atom is 0.357 e. The Labute approximate surface area is 110 Å². The van der Waals surface area contributed by atoms with E-state index >= 15 is 0 Å². The molecule has 0 aliphatic carbocycles. The lowest BCUT2D eigenvalue weighted by Gasteiger charge is -2.02. The number of aromatic nitrogens is 1. The largest absolute Gasteiger partial charge is 0.461 e. The van der Waals surface area contributed by atoms with Gasteiger partial charge in [-0.2, -0.15) is 0 Å². The summed E-state index contributed by atoms with van der Waals surface area (Å²) in [5.41, 5.74) is 0.294. The van der Waals surface area contributed by atoms with Gasteiger partial charge in [0.05, 0.1) is 6.61 Å². The van der Waals surface area contributed by atoms with Crippen LogP contribution in [0.1, 0.15) is 30.8 Å². The minimum absolute atomic E-state index is 0.00725. The van der Waals surface area contributed by atoms with Crippen molar-refractivity contribution in [3.8, 4) is 0 Å². The molecule has 100 valence electrons. The van der Waals surface area contributed by atoms with E-state index in [0.29, 0.717) is 36.9 Å². The average Bonchev–Trinajstić information content (AvgIpc) is 2.78. The highest BCUT2D eigenvalue weighted by atomic mass is 32.1. The molecule has 0 radical (unpaired) electrons. The Morgan fingerprint density at radius 1 is 1.44 bits per heavy atom. The van der Waals surface area contributed by atoms with E-state index in [4.69, 9.17) is 4.74 Å². The molecule has 7 heteroatoms. The van der Waals surface area contributed by atoms with Crippen LogP contribution in [0.25, 0.3) is 0 Å². The van der Waals surface area contributed by atoms with Crippen molar-refractivity contribution < 1.29 is 14.3 Å². The van der Waals surface area contributed by atoms with Crippen LogP contribution in [0.2, 0.25) is 0 Å². The van der Waals surface area contributed by atoms with Crippen molar-refractivity contribution >= 4 is 28.3 Å². The van der Waals surface area contributed by atoms with Crippen molar-refractivity contribution in [2.24, 2.45) is 0 Å². The molecular formula is C11H17N3O3S. The highest BCUT2D eigenvalue weighted by Gasteiger charge is 2.11. The summed E-state index contributed by atoms with van der Waals surface area (Å²) in [4.78, 5) is 26.6. The van der Waals surface area contributed by atoms with E-state index in [0.717, 1.165) is 0 Å². The van der Waals surface area contributed by atoms with Crippen molar-refractivity contribution in [3.05, 3.63) is 11.1 Å². The molecule has 1 amide bonds. The molecule has 0 atom stereocenters. The predicted molar refractivity (Wildman–Crippen MR) is 69.9 cm³/mol. The van der Waals surface area contributed by atoms with Gasteiger partial charge in [-0.15, -0.1) is 11.3 Å². The standard InChI is InChI=1S/C11H17N3O3S/c1-3-12-9(15)5-6-13-11-14-8(7-18-11)10(16)17-4-2/h7H,3-6H2,1-2H3,(H,12,15)(H,13,14). The summed E-state index contributed by atoms with van der Waals surface area (Å²) in [5.74, 6) is -0.433. The summed E-state index contributed by atoms with van der Waals surface area (Å²) in [6, 6.07) is 0. The molecule has 0 fully saturated rings. The maximum absolute atomic E-state index is 11.4. The van der Waals surface area contributed by atoms with Crippen LogP contribution in [0.15, 0.2) is 5.38 Å². The van der Waals surface area contributed by atoms with Gasteiger partial charge in [0.15, 0.2) is 10.8 Å². The second-order valence-corrected chi connectivity index (χ2v) is 4.25. The Balaban J connectivity index is 2.35. The number of rotatable bonds is 7. The van der Waals surface area contributed by atoms with E-state index in [-0.39, 0.29) is 5.91 Å². The number of thiazole rings is 1. The molecule has 18 heavy (non-hydrogen) atoms. The van der Waals surface area contributed by atoms with Gasteiger partial charge in [-0.25, -0.2) is 9.78 Å². The van der Waals surface area contributed by atoms with Gasteiger partial charge < -0.3 is 15.4 Å². The minimum Gasteiger partial charge on any atom is -0.461 e. The van der Waals surface area contributed by atoms with E-state index in [1.54, 1.807) is 12.3 Å². The molecule has 0 unspecified atom stereocenters. The van der Waals surface area contributed by atoms with Crippen LogP contribution in [-0.4, -0.2) is 36.6 Å². The first-order valence-electron chi connectivity index (χ1n) is 5.80. The normalized spacial score (nSPS) is 9.89. The van der Waals surface area contributed by atoms with Gasteiger partial charge in [0.25, 0.3) is 0 Å². The number of amides is 1. The summed E-state index contributed by atoms with van der Waals surface area (Å²) in [6.07, 6.45) is 0.377. The predicted octanol–water partition coefficient (Wildman–Crippen LogP) is 1.26. The summed E-state index contributed by atoms with van der Waals surface area (Å²) < 4.78 is 4.83. The third kappa shape index (κ3) is 4.70. The van der Waals surface area contributed by atoms with Gasteiger partial charge in [0, 0.05) is 24.9 Å². The molecule has 0 bridgehead atoms. The molecule has 0 aromatic carbocycles. The smallest absolute Gasteiger partial charge is 0.357 e. The summed E-state index contributed by atoms with van der Waals surface area (Å²) in [7, 11) is 0. The molecule has 1 aromatic heterocycles. The molecule has 0 saturated carbocycles. The van der Waals surface area contributed by atoms with Crippen LogP contribution in [0.4, 0.5) is 5.13 Å². The van der Waals surface area contributed by atoms with Crippen LogP contribution in [0.5, 0.6) is 0 Å². The highest BCUT2D eigenvalue weighted by Crippen LogP contribution is 2.15. The maximum atomic E-state index is 11.4. The number of carbonyl (C=O) groups is 2. The van der Waals surface area contributed by atoms with Crippen LogP contribution in [0, 0.1) is 0 Å². The van der Waals surface area contributed by atoms with E-state index < -0.39 is 5.97 Å². The van der Waals surface area contributed by atoms with Crippen LogP contribution in [0.3, 0.4) is 0 Å². The fourth-order valence-corrected chi connectivity index (χ4v) is 1.93. The highest BCUT2D eigenvalue weighted by molar-refractivity contribution is 7.13. The Hall–Kier alpha value is -1.63. The summed E-state index contributed by atoms with van der Waals surface area (Å²) in [6.45, 7) is 5.06. The number of anilines is 1. The second kappa shape index (κ2) is 7.65. The van der Waals surface area contributed by atoms with Crippen molar-refractivity contribution in [3.63, 3.8) is 0 Å². The number of ether oxygens (including phenoxy) is 1. The number of hydrogen-bond donors (Lipinski definition) is 2. The van der Waals surface area contributed by atoms with Crippen molar-refractivity contribution in [1.29, 1.82) is 0 Å². The lowest BCUT2D eigenvalue weighted by molar-refractivity contribution is -0.120. The lowest BCUT2D eigenvalue weighted by atomic mass is 10.4. The van der Waals surface area contributed by atoms with Gasteiger partial charge in [-0.1, -0.05) is 0 Å². The van der Waals surface area contributed by atoms with E-state index in [1.165, 1.54) is 11.3 Å². The number of nitrogens with zero attached hydrogens (tertiary/aromatic N) is 1. The molecule has 1 heterocycles. The fraction of sp³-hybridized carbons (Fsp3) is 0.545. The lowest BCUT2D eigenvalue weighted by Crippen LogP contribution is -2.24. The SMILES string of the molecule is CCNC(=O)CCNc1nc(C(=O)OCC)cs1. The molecule has 0 aliphatic rings. The van der Waals surface area contributed by atoms with Gasteiger partial charge in [-0.05, 0) is 13.8 Å². The minimum atomic E-state index is -0.425. The average molecular weight is 271 g/mol. The van der Waals surface area contributed by atoms with Gasteiger partial charge in [0.2, 0.25) is 5.91 Å². The molecule has 0 saturated heterocycles. The van der Waals surface area contributed by atoms with Crippen LogP contribution < -0.4 is 10.6 Å². The molecule has 1 rings (SSSR count). The Kier molecular flexibility index (Phi) is 6.13. The van der Waals surface area contributed by atoms with E-state index in [2.05, 4.69) is 15.6 Å². The molecular weight excluding hydrogens is 254 g/mol. The number of carbonyl (C=O) groups excluding carboxylic acids is 2. The van der Waals surface area contributed by atoms with Crippen LogP contribution in [-0.2, 0) is 9.53 Å². The summed E-state index contributed by atoms with van der Waals surface area (Å²) >= 11 is 1.31. The number of nitrogens with one attached hydrogen (secondary N) is 2. The van der Waals surface area contributed by atoms with Gasteiger partial charge in [-0.3, -0.25) is 4.79 Å². The molecule has 0 aliphatic heterocycles. The molecule has 6 nitrogen and oxygen atoms in total. The topological polar surface area (TPSA) is 80.3 Å². The summed E-state index contributed by atoms with van der Waals surface area (Å²) in [5, 5.41) is 7.94. The molecule has 0 spiro atoms. The zero-order valence-electron chi connectivity index (χ0n) is 10.5. The van der Waals surface area contributed by atoms with Crippen molar-refractivity contribution in [1.82, 2.24) is 10.3 Å². The Morgan fingerprint density at radius 2 is 2.22 bits per heavy atom. The quantitative estimate of drug-likeness (QED) is 0.730. The molecule has 2 N–H and O–H groups in total. The van der Waals surface area contributed by atoms with Crippen LogP contribution >= 0.6 is 11.3 Å². The zero-order valence-corrected chi connectivity index (χ0v) is 11.3. The number of esters is 1. The first-order chi connectivity index (χ1) is 8.67. The Bertz CT molecular complexity index is 406.